The zero-order valence-electron chi connectivity index (χ0n) is 15.7. The maximum Gasteiger partial charge on any atom is 0.331 e. The highest BCUT2D eigenvalue weighted by atomic mass is 32.2. The molecule has 0 aliphatic heterocycles. The van der Waals surface area contributed by atoms with E-state index >= 15 is 0 Å². The summed E-state index contributed by atoms with van der Waals surface area (Å²) in [4.78, 5) is 25.4. The van der Waals surface area contributed by atoms with E-state index in [2.05, 4.69) is 4.72 Å². The highest BCUT2D eigenvalue weighted by Gasteiger charge is 2.41. The molecule has 0 spiro atoms. The molecule has 1 N–H and O–H groups in total. The Morgan fingerprint density at radius 2 is 1.85 bits per heavy atom. The first-order valence-electron chi connectivity index (χ1n) is 9.48. The van der Waals surface area contributed by atoms with Crippen LogP contribution in [0.15, 0.2) is 32.7 Å². The van der Waals surface area contributed by atoms with Gasteiger partial charge in [-0.1, -0.05) is 12.8 Å². The van der Waals surface area contributed by atoms with Crippen molar-refractivity contribution in [3.63, 3.8) is 0 Å². The van der Waals surface area contributed by atoms with Crippen molar-refractivity contribution in [2.24, 2.45) is 13.0 Å². The molecule has 2 fully saturated rings. The fourth-order valence-electron chi connectivity index (χ4n) is 3.94. The number of aromatic nitrogens is 2. The number of fused-ring (bicyclic) bond motifs is 1. The average Bonchev–Trinajstić information content (AvgIpc) is 3.12. The van der Waals surface area contributed by atoms with Crippen LogP contribution in [0.4, 0.5) is 0 Å². The molecule has 0 unspecified atom stereocenters. The van der Waals surface area contributed by atoms with Crippen LogP contribution >= 0.6 is 0 Å². The topological polar surface area (TPSA) is 90.2 Å². The molecule has 0 amide bonds. The molecule has 2 aromatic rings. The van der Waals surface area contributed by atoms with Gasteiger partial charge in [-0.15, -0.1) is 0 Å². The van der Waals surface area contributed by atoms with Crippen LogP contribution in [0.3, 0.4) is 0 Å². The molecule has 7 nitrogen and oxygen atoms in total. The predicted octanol–water partition coefficient (Wildman–Crippen LogP) is 1.72. The maximum atomic E-state index is 12.7. The number of sulfonamides is 1. The van der Waals surface area contributed by atoms with Gasteiger partial charge < -0.3 is 0 Å². The molecule has 146 valence electrons. The molecule has 2 aliphatic rings. The second-order valence-electron chi connectivity index (χ2n) is 8.25. The SMILES string of the molecule is Cn1c(=O)c2cc(S(=O)(=O)NC3(C)CC3)ccc2n(CC2CCCC2)c1=O. The van der Waals surface area contributed by atoms with Crippen molar-refractivity contribution in [2.45, 2.75) is 62.4 Å². The van der Waals surface area contributed by atoms with Crippen molar-refractivity contribution in [1.82, 2.24) is 13.9 Å². The molecule has 2 aliphatic carbocycles. The van der Waals surface area contributed by atoms with E-state index in [0.717, 1.165) is 43.1 Å². The van der Waals surface area contributed by atoms with E-state index in [4.69, 9.17) is 0 Å². The second-order valence-corrected chi connectivity index (χ2v) is 9.94. The average molecular weight is 391 g/mol. The third kappa shape index (κ3) is 3.36. The van der Waals surface area contributed by atoms with Crippen LogP contribution in [0.25, 0.3) is 10.9 Å². The van der Waals surface area contributed by atoms with Crippen LogP contribution in [0.5, 0.6) is 0 Å². The van der Waals surface area contributed by atoms with E-state index in [1.165, 1.54) is 19.2 Å². The zero-order chi connectivity index (χ0) is 19.4. The van der Waals surface area contributed by atoms with Gasteiger partial charge in [-0.05, 0) is 56.7 Å². The van der Waals surface area contributed by atoms with Gasteiger partial charge in [-0.3, -0.25) is 13.9 Å². The van der Waals surface area contributed by atoms with Gasteiger partial charge in [0.25, 0.3) is 5.56 Å². The van der Waals surface area contributed by atoms with Gasteiger partial charge in [-0.25, -0.2) is 17.9 Å². The number of hydrogen-bond acceptors (Lipinski definition) is 4. The van der Waals surface area contributed by atoms with Gasteiger partial charge in [0.15, 0.2) is 0 Å². The summed E-state index contributed by atoms with van der Waals surface area (Å²) in [6.45, 7) is 2.43. The molecule has 1 aromatic carbocycles. The summed E-state index contributed by atoms with van der Waals surface area (Å²) in [6, 6.07) is 4.48. The van der Waals surface area contributed by atoms with Crippen LogP contribution in [-0.4, -0.2) is 23.1 Å². The molecular formula is C19H25N3O4S. The van der Waals surface area contributed by atoms with Gasteiger partial charge >= 0.3 is 5.69 Å². The fraction of sp³-hybridized carbons (Fsp3) is 0.579. The van der Waals surface area contributed by atoms with E-state index in [9.17, 15) is 18.0 Å². The molecule has 0 radical (unpaired) electrons. The maximum absolute atomic E-state index is 12.7. The second kappa shape index (κ2) is 6.31. The molecule has 8 heteroatoms. The van der Waals surface area contributed by atoms with Crippen LogP contribution in [0.1, 0.15) is 45.4 Å². The van der Waals surface area contributed by atoms with Gasteiger partial charge in [0.2, 0.25) is 10.0 Å². The predicted molar refractivity (Wildman–Crippen MR) is 103 cm³/mol. The summed E-state index contributed by atoms with van der Waals surface area (Å²) in [5, 5.41) is 0.263. The molecule has 1 aromatic heterocycles. The van der Waals surface area contributed by atoms with Crippen molar-refractivity contribution in [2.75, 3.05) is 0 Å². The summed E-state index contributed by atoms with van der Waals surface area (Å²) in [5.74, 6) is 0.420. The first-order valence-corrected chi connectivity index (χ1v) is 11.0. The Labute approximate surface area is 158 Å². The van der Waals surface area contributed by atoms with Crippen LogP contribution in [-0.2, 0) is 23.6 Å². The van der Waals surface area contributed by atoms with Crippen LogP contribution in [0, 0.1) is 5.92 Å². The molecule has 27 heavy (non-hydrogen) atoms. The number of rotatable bonds is 5. The van der Waals surface area contributed by atoms with Crippen molar-refractivity contribution >= 4 is 20.9 Å². The van der Waals surface area contributed by atoms with E-state index in [0.29, 0.717) is 18.0 Å². The van der Waals surface area contributed by atoms with E-state index < -0.39 is 15.6 Å². The minimum atomic E-state index is -3.71. The summed E-state index contributed by atoms with van der Waals surface area (Å²) < 4.78 is 30.7. The minimum absolute atomic E-state index is 0.0614. The number of hydrogen-bond donors (Lipinski definition) is 1. The van der Waals surface area contributed by atoms with Gasteiger partial charge in [0.05, 0.1) is 15.8 Å². The molecule has 0 saturated heterocycles. The first kappa shape index (κ1) is 18.4. The summed E-state index contributed by atoms with van der Waals surface area (Å²) in [7, 11) is -2.26. The lowest BCUT2D eigenvalue weighted by Gasteiger charge is -2.17. The lowest BCUT2D eigenvalue weighted by molar-refractivity contribution is 0.445. The Kier molecular flexibility index (Phi) is 4.31. The smallest absolute Gasteiger partial charge is 0.293 e. The van der Waals surface area contributed by atoms with Crippen LogP contribution in [0.2, 0.25) is 0 Å². The van der Waals surface area contributed by atoms with Crippen molar-refractivity contribution in [1.29, 1.82) is 0 Å². The molecule has 0 atom stereocenters. The Morgan fingerprint density at radius 3 is 2.48 bits per heavy atom. The number of benzene rings is 1. The summed E-state index contributed by atoms with van der Waals surface area (Å²) >= 11 is 0. The first-order chi connectivity index (χ1) is 12.7. The van der Waals surface area contributed by atoms with Crippen molar-refractivity contribution < 1.29 is 8.42 Å². The standard InChI is InChI=1S/C19H25N3O4S/c1-19(9-10-19)20-27(25,26)14-7-8-16-15(11-14)17(23)21(2)18(24)22(16)12-13-5-3-4-6-13/h7-8,11,13,20H,3-6,9-10,12H2,1-2H3. The lowest BCUT2D eigenvalue weighted by atomic mass is 10.1. The van der Waals surface area contributed by atoms with Crippen LogP contribution < -0.4 is 16.0 Å². The highest BCUT2D eigenvalue weighted by Crippen LogP contribution is 2.36. The highest BCUT2D eigenvalue weighted by molar-refractivity contribution is 7.89. The van der Waals surface area contributed by atoms with Crippen molar-refractivity contribution in [3.05, 3.63) is 39.0 Å². The molecule has 1 heterocycles. The quantitative estimate of drug-likeness (QED) is 0.840. The molecular weight excluding hydrogens is 366 g/mol. The fourth-order valence-corrected chi connectivity index (χ4v) is 5.43. The third-order valence-electron chi connectivity index (χ3n) is 5.92. The molecule has 4 rings (SSSR count). The molecule has 0 bridgehead atoms. The number of nitrogens with zero attached hydrogens (tertiary/aromatic N) is 2. The van der Waals surface area contributed by atoms with Crippen molar-refractivity contribution in [3.8, 4) is 0 Å². The Bertz CT molecular complexity index is 1120. The minimum Gasteiger partial charge on any atom is -0.293 e. The summed E-state index contributed by atoms with van der Waals surface area (Å²) in [6.07, 6.45) is 6.09. The molecule has 2 saturated carbocycles. The normalized spacial score (nSPS) is 19.6. The zero-order valence-corrected chi connectivity index (χ0v) is 16.5. The van der Waals surface area contributed by atoms with E-state index in [1.54, 1.807) is 10.6 Å². The Hall–Kier alpha value is -1.93. The largest absolute Gasteiger partial charge is 0.331 e. The van der Waals surface area contributed by atoms with E-state index in [-0.39, 0.29) is 21.5 Å². The monoisotopic (exact) mass is 391 g/mol. The van der Waals surface area contributed by atoms with Gasteiger partial charge in [0, 0.05) is 19.1 Å². The van der Waals surface area contributed by atoms with Gasteiger partial charge in [0.1, 0.15) is 0 Å². The Morgan fingerprint density at radius 1 is 1.19 bits per heavy atom. The lowest BCUT2D eigenvalue weighted by Crippen LogP contribution is -2.39. The third-order valence-corrected chi connectivity index (χ3v) is 7.55. The summed E-state index contributed by atoms with van der Waals surface area (Å²) in [5.41, 5.74) is -0.697. The van der Waals surface area contributed by atoms with E-state index in [1.807, 2.05) is 6.92 Å². The van der Waals surface area contributed by atoms with Gasteiger partial charge in [-0.2, -0.15) is 0 Å². The number of nitrogens with one attached hydrogen (secondary N) is 1. The Balaban J connectivity index is 1.83.